The van der Waals surface area contributed by atoms with Crippen LogP contribution in [0.15, 0.2) is 47.6 Å². The van der Waals surface area contributed by atoms with Crippen molar-refractivity contribution in [2.45, 2.75) is 13.3 Å². The maximum atomic E-state index is 11.9. The van der Waals surface area contributed by atoms with E-state index in [-0.39, 0.29) is 23.6 Å². The van der Waals surface area contributed by atoms with Crippen molar-refractivity contribution in [2.24, 2.45) is 5.10 Å². The third-order valence-corrected chi connectivity index (χ3v) is 3.23. The second-order valence-electron chi connectivity index (χ2n) is 5.03. The van der Waals surface area contributed by atoms with E-state index in [4.69, 9.17) is 0 Å². The molecule has 2 aromatic rings. The standard InChI is InChI=1S/C16H15N3O5/c1-10(14-9-13(20)6-7-15(14)21)17-18-16(22)8-11-2-4-12(5-3-11)19(23)24/h2-7,9,20-21H,8H2,1H3,(H,18,22)/b17-10-. The Morgan fingerprint density at radius 3 is 2.50 bits per heavy atom. The van der Waals surface area contributed by atoms with Gasteiger partial charge in [0.1, 0.15) is 11.5 Å². The van der Waals surface area contributed by atoms with Gasteiger partial charge in [0, 0.05) is 17.7 Å². The molecule has 1 amide bonds. The van der Waals surface area contributed by atoms with E-state index in [0.29, 0.717) is 16.8 Å². The zero-order chi connectivity index (χ0) is 17.7. The highest BCUT2D eigenvalue weighted by molar-refractivity contribution is 6.01. The fraction of sp³-hybridized carbons (Fsp3) is 0.125. The van der Waals surface area contributed by atoms with Crippen LogP contribution < -0.4 is 5.43 Å². The number of carbonyl (C=O) groups excluding carboxylic acids is 1. The van der Waals surface area contributed by atoms with E-state index < -0.39 is 10.8 Å². The van der Waals surface area contributed by atoms with Gasteiger partial charge in [0.05, 0.1) is 17.1 Å². The molecule has 0 fully saturated rings. The molecule has 0 atom stereocenters. The highest BCUT2D eigenvalue weighted by Gasteiger charge is 2.09. The van der Waals surface area contributed by atoms with Crippen LogP contribution in [0.2, 0.25) is 0 Å². The van der Waals surface area contributed by atoms with Crippen LogP contribution in [0.25, 0.3) is 0 Å². The second-order valence-corrected chi connectivity index (χ2v) is 5.03. The molecule has 0 unspecified atom stereocenters. The van der Waals surface area contributed by atoms with Crippen LogP contribution in [0.4, 0.5) is 5.69 Å². The number of hydrazone groups is 1. The number of hydrogen-bond acceptors (Lipinski definition) is 6. The molecule has 0 aliphatic rings. The van der Waals surface area contributed by atoms with Crippen molar-refractivity contribution in [1.82, 2.24) is 5.43 Å². The summed E-state index contributed by atoms with van der Waals surface area (Å²) >= 11 is 0. The Morgan fingerprint density at radius 2 is 1.88 bits per heavy atom. The second kappa shape index (κ2) is 7.23. The molecule has 0 heterocycles. The van der Waals surface area contributed by atoms with Crippen LogP contribution in [0.5, 0.6) is 11.5 Å². The van der Waals surface area contributed by atoms with E-state index in [1.54, 1.807) is 6.92 Å². The van der Waals surface area contributed by atoms with Crippen molar-refractivity contribution in [3.8, 4) is 11.5 Å². The summed E-state index contributed by atoms with van der Waals surface area (Å²) in [7, 11) is 0. The Labute approximate surface area is 137 Å². The van der Waals surface area contributed by atoms with E-state index in [1.807, 2.05) is 0 Å². The van der Waals surface area contributed by atoms with Gasteiger partial charge in [-0.2, -0.15) is 5.10 Å². The van der Waals surface area contributed by atoms with Crippen LogP contribution >= 0.6 is 0 Å². The molecule has 0 aliphatic carbocycles. The summed E-state index contributed by atoms with van der Waals surface area (Å²) in [4.78, 5) is 21.9. The molecular weight excluding hydrogens is 314 g/mol. The first-order valence-electron chi connectivity index (χ1n) is 6.95. The van der Waals surface area contributed by atoms with Gasteiger partial charge < -0.3 is 10.2 Å². The maximum absolute atomic E-state index is 11.9. The Hall–Kier alpha value is -3.42. The summed E-state index contributed by atoms with van der Waals surface area (Å²) in [5, 5.41) is 33.6. The first-order chi connectivity index (χ1) is 11.4. The Balaban J connectivity index is 2.01. The summed E-state index contributed by atoms with van der Waals surface area (Å²) in [6, 6.07) is 9.62. The van der Waals surface area contributed by atoms with Crippen LogP contribution in [-0.4, -0.2) is 26.8 Å². The monoisotopic (exact) mass is 329 g/mol. The number of phenols is 2. The lowest BCUT2D eigenvalue weighted by Gasteiger charge is -2.06. The SMILES string of the molecule is C/C(=N/NC(=O)Cc1ccc([N+](=O)[O-])cc1)c1cc(O)ccc1O. The number of benzene rings is 2. The van der Waals surface area contributed by atoms with Crippen LogP contribution in [-0.2, 0) is 11.2 Å². The van der Waals surface area contributed by atoms with Gasteiger partial charge in [-0.3, -0.25) is 14.9 Å². The van der Waals surface area contributed by atoms with Crippen molar-refractivity contribution >= 4 is 17.3 Å². The van der Waals surface area contributed by atoms with E-state index in [1.165, 1.54) is 42.5 Å². The van der Waals surface area contributed by atoms with Crippen LogP contribution in [0, 0.1) is 10.1 Å². The molecule has 2 rings (SSSR count). The highest BCUT2D eigenvalue weighted by atomic mass is 16.6. The molecule has 0 aliphatic heterocycles. The number of aromatic hydroxyl groups is 2. The number of carbonyl (C=O) groups is 1. The number of rotatable bonds is 5. The van der Waals surface area contributed by atoms with Gasteiger partial charge in [-0.15, -0.1) is 0 Å². The Bertz CT molecular complexity index is 800. The van der Waals surface area contributed by atoms with Gasteiger partial charge in [-0.1, -0.05) is 12.1 Å². The number of nitrogens with one attached hydrogen (secondary N) is 1. The topological polar surface area (TPSA) is 125 Å². The Kier molecular flexibility index (Phi) is 5.10. The summed E-state index contributed by atoms with van der Waals surface area (Å²) < 4.78 is 0. The number of non-ortho nitro benzene ring substituents is 1. The summed E-state index contributed by atoms with van der Waals surface area (Å²) in [5.74, 6) is -0.518. The molecular formula is C16H15N3O5. The normalized spacial score (nSPS) is 11.1. The smallest absolute Gasteiger partial charge is 0.269 e. The van der Waals surface area contributed by atoms with E-state index in [9.17, 15) is 25.1 Å². The number of nitro groups is 1. The van der Waals surface area contributed by atoms with E-state index >= 15 is 0 Å². The maximum Gasteiger partial charge on any atom is 0.269 e. The minimum Gasteiger partial charge on any atom is -0.508 e. The minimum absolute atomic E-state index is 0.000790. The molecule has 0 saturated carbocycles. The zero-order valence-electron chi connectivity index (χ0n) is 12.8. The summed E-state index contributed by atoms with van der Waals surface area (Å²) in [5.41, 5.74) is 3.51. The molecule has 124 valence electrons. The van der Waals surface area contributed by atoms with Gasteiger partial charge in [0.25, 0.3) is 5.69 Å². The molecule has 0 saturated heterocycles. The molecule has 8 nitrogen and oxygen atoms in total. The molecule has 0 bridgehead atoms. The molecule has 8 heteroatoms. The van der Waals surface area contributed by atoms with Crippen molar-refractivity contribution in [2.75, 3.05) is 0 Å². The van der Waals surface area contributed by atoms with Crippen LogP contribution in [0.1, 0.15) is 18.1 Å². The predicted octanol–water partition coefficient (Wildman–Crippen LogP) is 2.09. The molecule has 3 N–H and O–H groups in total. The highest BCUT2D eigenvalue weighted by Crippen LogP contribution is 2.22. The minimum atomic E-state index is -0.515. The largest absolute Gasteiger partial charge is 0.508 e. The number of hydrogen-bond donors (Lipinski definition) is 3. The van der Waals surface area contributed by atoms with Gasteiger partial charge in [0.15, 0.2) is 0 Å². The van der Waals surface area contributed by atoms with Gasteiger partial charge in [-0.05, 0) is 30.7 Å². The summed E-state index contributed by atoms with van der Waals surface area (Å²) in [6.07, 6.45) is 0.000790. The lowest BCUT2D eigenvalue weighted by molar-refractivity contribution is -0.384. The third-order valence-electron chi connectivity index (χ3n) is 3.23. The van der Waals surface area contributed by atoms with Gasteiger partial charge in [0.2, 0.25) is 5.91 Å². The fourth-order valence-electron chi connectivity index (χ4n) is 1.98. The number of amides is 1. The predicted molar refractivity (Wildman–Crippen MR) is 86.9 cm³/mol. The first-order valence-corrected chi connectivity index (χ1v) is 6.95. The average Bonchev–Trinajstić information content (AvgIpc) is 2.55. The number of nitro benzene ring substituents is 1. The van der Waals surface area contributed by atoms with Crippen molar-refractivity contribution < 1.29 is 19.9 Å². The van der Waals surface area contributed by atoms with E-state index in [2.05, 4.69) is 10.5 Å². The first kappa shape index (κ1) is 16.9. The molecule has 0 spiro atoms. The molecule has 24 heavy (non-hydrogen) atoms. The zero-order valence-corrected chi connectivity index (χ0v) is 12.8. The fourth-order valence-corrected chi connectivity index (χ4v) is 1.98. The lowest BCUT2D eigenvalue weighted by Crippen LogP contribution is -2.21. The van der Waals surface area contributed by atoms with Crippen molar-refractivity contribution in [3.63, 3.8) is 0 Å². The number of phenolic OH excluding ortho intramolecular Hbond substituents is 2. The van der Waals surface area contributed by atoms with Crippen molar-refractivity contribution in [1.29, 1.82) is 0 Å². The number of nitrogens with zero attached hydrogens (tertiary/aromatic N) is 2. The van der Waals surface area contributed by atoms with Crippen molar-refractivity contribution in [3.05, 3.63) is 63.7 Å². The quantitative estimate of drug-likeness (QED) is 0.335. The third kappa shape index (κ3) is 4.29. The summed E-state index contributed by atoms with van der Waals surface area (Å²) in [6.45, 7) is 1.57. The Morgan fingerprint density at radius 1 is 1.21 bits per heavy atom. The average molecular weight is 329 g/mol. The van der Waals surface area contributed by atoms with Crippen LogP contribution in [0.3, 0.4) is 0 Å². The van der Waals surface area contributed by atoms with Gasteiger partial charge in [-0.25, -0.2) is 5.43 Å². The molecule has 0 aromatic heterocycles. The lowest BCUT2D eigenvalue weighted by atomic mass is 10.1. The molecule has 2 aromatic carbocycles. The molecule has 0 radical (unpaired) electrons. The van der Waals surface area contributed by atoms with E-state index in [0.717, 1.165) is 0 Å². The van der Waals surface area contributed by atoms with Gasteiger partial charge >= 0.3 is 0 Å².